The van der Waals surface area contributed by atoms with Crippen LogP contribution in [0.2, 0.25) is 0 Å². The molecule has 0 aliphatic carbocycles. The summed E-state index contributed by atoms with van der Waals surface area (Å²) in [7, 11) is 0. The second-order valence-electron chi connectivity index (χ2n) is 7.00. The van der Waals surface area contributed by atoms with Gasteiger partial charge in [0.2, 0.25) is 5.88 Å². The number of carboxylic acid groups (broad SMARTS) is 1. The molecule has 8 heteroatoms. The van der Waals surface area contributed by atoms with Gasteiger partial charge in [-0.15, -0.1) is 0 Å². The number of ether oxygens (including phenoxy) is 1. The lowest BCUT2D eigenvalue weighted by Crippen LogP contribution is -2.49. The third-order valence-corrected chi connectivity index (χ3v) is 4.56. The first-order valence-corrected chi connectivity index (χ1v) is 9.04. The van der Waals surface area contributed by atoms with Gasteiger partial charge in [0, 0.05) is 38.0 Å². The molecule has 0 bridgehead atoms. The Hall–Kier alpha value is -3.16. The Labute approximate surface area is 162 Å². The van der Waals surface area contributed by atoms with Gasteiger partial charge in [-0.3, -0.25) is 4.79 Å². The van der Waals surface area contributed by atoms with E-state index in [2.05, 4.69) is 10.3 Å². The normalized spacial score (nSPS) is 19.1. The van der Waals surface area contributed by atoms with Crippen LogP contribution in [0.1, 0.15) is 18.9 Å². The Morgan fingerprint density at radius 2 is 2.14 bits per heavy atom. The molecule has 148 valence electrons. The van der Waals surface area contributed by atoms with Gasteiger partial charge in [-0.2, -0.15) is 0 Å². The minimum absolute atomic E-state index is 0.140. The summed E-state index contributed by atoms with van der Waals surface area (Å²) >= 11 is 0. The molecule has 2 aromatic rings. The number of halogens is 1. The molecular formula is C20H22FN3O4. The topological polar surface area (TPSA) is 91.8 Å². The van der Waals surface area contributed by atoms with Crippen molar-refractivity contribution in [1.82, 2.24) is 15.2 Å². The van der Waals surface area contributed by atoms with Gasteiger partial charge in [-0.1, -0.05) is 19.1 Å². The number of nitrogens with one attached hydrogen (secondary N) is 1. The number of benzene rings is 1. The van der Waals surface area contributed by atoms with Crippen molar-refractivity contribution < 1.29 is 23.8 Å². The second kappa shape index (κ2) is 8.69. The highest BCUT2D eigenvalue weighted by Crippen LogP contribution is 2.22. The number of carbonyl (C=O) groups excluding carboxylic acids is 1. The van der Waals surface area contributed by atoms with Crippen molar-refractivity contribution in [2.45, 2.75) is 19.9 Å². The Morgan fingerprint density at radius 1 is 1.32 bits per heavy atom. The molecule has 1 saturated heterocycles. The first-order valence-electron chi connectivity index (χ1n) is 9.04. The van der Waals surface area contributed by atoms with Crippen LogP contribution in [0.3, 0.4) is 0 Å². The predicted octanol–water partition coefficient (Wildman–Crippen LogP) is 3.27. The lowest BCUT2D eigenvalue weighted by atomic mass is 9.91. The number of carboxylic acids is 1. The van der Waals surface area contributed by atoms with Gasteiger partial charge in [0.05, 0.1) is 5.92 Å². The number of likely N-dealkylation sites (tertiary alicyclic amines) is 1. The molecule has 1 aromatic carbocycles. The SMILES string of the molecule is CC1CC(C(=O)O)CN(C(=O)NCc2ccc(Oc3cccc(F)c3)nc2)C1. The average Bonchev–Trinajstić information content (AvgIpc) is 2.66. The van der Waals surface area contributed by atoms with E-state index in [4.69, 9.17) is 4.74 Å². The van der Waals surface area contributed by atoms with E-state index < -0.39 is 17.7 Å². The quantitative estimate of drug-likeness (QED) is 0.822. The van der Waals surface area contributed by atoms with Crippen LogP contribution < -0.4 is 10.1 Å². The van der Waals surface area contributed by atoms with Crippen LogP contribution in [0.4, 0.5) is 9.18 Å². The molecule has 0 spiro atoms. The molecule has 2 heterocycles. The van der Waals surface area contributed by atoms with Gasteiger partial charge in [-0.25, -0.2) is 14.2 Å². The fourth-order valence-corrected chi connectivity index (χ4v) is 3.21. The zero-order chi connectivity index (χ0) is 20.1. The first-order chi connectivity index (χ1) is 13.4. The zero-order valence-corrected chi connectivity index (χ0v) is 15.5. The van der Waals surface area contributed by atoms with Crippen LogP contribution in [0.15, 0.2) is 42.6 Å². The summed E-state index contributed by atoms with van der Waals surface area (Å²) in [5, 5.41) is 12.0. The summed E-state index contributed by atoms with van der Waals surface area (Å²) in [6, 6.07) is 8.86. The zero-order valence-electron chi connectivity index (χ0n) is 15.5. The number of hydrogen-bond donors (Lipinski definition) is 2. The maximum absolute atomic E-state index is 13.2. The van der Waals surface area contributed by atoms with Crippen LogP contribution in [-0.4, -0.2) is 40.1 Å². The third-order valence-electron chi connectivity index (χ3n) is 4.56. The van der Waals surface area contributed by atoms with Crippen LogP contribution >= 0.6 is 0 Å². The van der Waals surface area contributed by atoms with E-state index >= 15 is 0 Å². The summed E-state index contributed by atoms with van der Waals surface area (Å²) < 4.78 is 18.7. The number of hydrogen-bond acceptors (Lipinski definition) is 4. The molecule has 1 aliphatic heterocycles. The van der Waals surface area contributed by atoms with E-state index in [9.17, 15) is 19.1 Å². The van der Waals surface area contributed by atoms with Crippen LogP contribution in [0.5, 0.6) is 11.6 Å². The van der Waals surface area contributed by atoms with Gasteiger partial charge in [-0.05, 0) is 30.0 Å². The van der Waals surface area contributed by atoms with E-state index in [-0.39, 0.29) is 25.0 Å². The van der Waals surface area contributed by atoms with E-state index in [1.54, 1.807) is 35.4 Å². The van der Waals surface area contributed by atoms with Gasteiger partial charge in [0.25, 0.3) is 0 Å². The number of carbonyl (C=O) groups is 2. The number of aliphatic carboxylic acids is 1. The van der Waals surface area contributed by atoms with Crippen LogP contribution in [0.25, 0.3) is 0 Å². The highest BCUT2D eigenvalue weighted by molar-refractivity contribution is 5.76. The molecule has 1 fully saturated rings. The smallest absolute Gasteiger partial charge is 0.317 e. The molecule has 7 nitrogen and oxygen atoms in total. The molecule has 2 unspecified atom stereocenters. The van der Waals surface area contributed by atoms with Gasteiger partial charge in [0.15, 0.2) is 0 Å². The van der Waals surface area contributed by atoms with Crippen LogP contribution in [0, 0.1) is 17.7 Å². The maximum atomic E-state index is 13.2. The van der Waals surface area contributed by atoms with Crippen LogP contribution in [-0.2, 0) is 11.3 Å². The molecule has 2 N–H and O–H groups in total. The summed E-state index contributed by atoms with van der Waals surface area (Å²) in [4.78, 5) is 29.3. The summed E-state index contributed by atoms with van der Waals surface area (Å²) in [5.41, 5.74) is 0.764. The highest BCUT2D eigenvalue weighted by atomic mass is 19.1. The molecule has 2 amide bonds. The molecule has 28 heavy (non-hydrogen) atoms. The molecule has 1 aromatic heterocycles. The minimum atomic E-state index is -0.873. The number of urea groups is 1. The Balaban J connectivity index is 1.53. The molecule has 1 aliphatic rings. The van der Waals surface area contributed by atoms with Crippen molar-refractivity contribution >= 4 is 12.0 Å². The molecule has 0 saturated carbocycles. The minimum Gasteiger partial charge on any atom is -0.481 e. The Bertz CT molecular complexity index is 844. The van der Waals surface area contributed by atoms with Gasteiger partial charge in [0.1, 0.15) is 11.6 Å². The van der Waals surface area contributed by atoms with Crippen molar-refractivity contribution in [3.05, 3.63) is 54.0 Å². The maximum Gasteiger partial charge on any atom is 0.317 e. The van der Waals surface area contributed by atoms with Crippen molar-refractivity contribution in [2.75, 3.05) is 13.1 Å². The highest BCUT2D eigenvalue weighted by Gasteiger charge is 2.31. The lowest BCUT2D eigenvalue weighted by molar-refractivity contribution is -0.143. The monoisotopic (exact) mass is 387 g/mol. The molecule has 3 rings (SSSR count). The number of rotatable bonds is 5. The fourth-order valence-electron chi connectivity index (χ4n) is 3.21. The molecule has 0 radical (unpaired) electrons. The molecule has 2 atom stereocenters. The average molecular weight is 387 g/mol. The standard InChI is InChI=1S/C20H22FN3O4/c1-13-7-15(19(25)26)12-24(11-13)20(27)23-10-14-5-6-18(22-9-14)28-17-4-2-3-16(21)8-17/h2-6,8-9,13,15H,7,10-12H2,1H3,(H,23,27)(H,25,26). The number of piperidine rings is 1. The summed E-state index contributed by atoms with van der Waals surface area (Å²) in [6.45, 7) is 2.95. The van der Waals surface area contributed by atoms with Crippen molar-refractivity contribution in [3.8, 4) is 11.6 Å². The third kappa shape index (κ3) is 5.18. The number of nitrogens with zero attached hydrogens (tertiary/aromatic N) is 2. The first kappa shape index (κ1) is 19.6. The lowest BCUT2D eigenvalue weighted by Gasteiger charge is -2.34. The molecular weight excluding hydrogens is 365 g/mol. The largest absolute Gasteiger partial charge is 0.481 e. The van der Waals surface area contributed by atoms with Crippen molar-refractivity contribution in [1.29, 1.82) is 0 Å². The van der Waals surface area contributed by atoms with Crippen molar-refractivity contribution in [2.24, 2.45) is 11.8 Å². The number of amides is 2. The van der Waals surface area contributed by atoms with Gasteiger partial charge >= 0.3 is 12.0 Å². The van der Waals surface area contributed by atoms with E-state index in [0.717, 1.165) is 5.56 Å². The second-order valence-corrected chi connectivity index (χ2v) is 7.00. The van der Waals surface area contributed by atoms with Crippen molar-refractivity contribution in [3.63, 3.8) is 0 Å². The Kier molecular flexibility index (Phi) is 6.08. The number of aromatic nitrogens is 1. The fraction of sp³-hybridized carbons (Fsp3) is 0.350. The van der Waals surface area contributed by atoms with E-state index in [0.29, 0.717) is 24.6 Å². The Morgan fingerprint density at radius 3 is 2.82 bits per heavy atom. The summed E-state index contributed by atoms with van der Waals surface area (Å²) in [5.74, 6) is -0.996. The number of pyridine rings is 1. The van der Waals surface area contributed by atoms with E-state index in [1.165, 1.54) is 12.1 Å². The summed E-state index contributed by atoms with van der Waals surface area (Å²) in [6.07, 6.45) is 2.14. The van der Waals surface area contributed by atoms with Gasteiger partial charge < -0.3 is 20.1 Å². The van der Waals surface area contributed by atoms with E-state index in [1.807, 2.05) is 6.92 Å². The predicted molar refractivity (Wildman–Crippen MR) is 99.4 cm³/mol.